The number of pyridine rings is 1. The molecule has 1 N–H and O–H groups in total. The average molecular weight is 347 g/mol. The number of halogens is 1. The third kappa shape index (κ3) is 1.84. The Kier molecular flexibility index (Phi) is 2.91. The molecule has 0 saturated carbocycles. The molecule has 88 valence electrons. The summed E-state index contributed by atoms with van der Waals surface area (Å²) >= 11 is 2.06. The van der Waals surface area contributed by atoms with Gasteiger partial charge in [0.15, 0.2) is 0 Å². The first-order valence-corrected chi connectivity index (χ1v) is 6.70. The van der Waals surface area contributed by atoms with Crippen molar-refractivity contribution < 1.29 is 0 Å². The summed E-state index contributed by atoms with van der Waals surface area (Å²) < 4.78 is 0.713. The monoisotopic (exact) mass is 347 g/mol. The van der Waals surface area contributed by atoms with E-state index in [1.54, 1.807) is 6.20 Å². The van der Waals surface area contributed by atoms with Gasteiger partial charge < -0.3 is 4.98 Å². The Hall–Kier alpha value is -1.62. The number of hydrogen-bond acceptors (Lipinski definition) is 1. The summed E-state index contributed by atoms with van der Waals surface area (Å²) in [6.45, 7) is 0. The lowest BCUT2D eigenvalue weighted by Gasteiger charge is -2.06. The predicted molar refractivity (Wildman–Crippen MR) is 82.7 cm³/mol. The summed E-state index contributed by atoms with van der Waals surface area (Å²) in [6.07, 6.45) is 1.76. The van der Waals surface area contributed by atoms with Gasteiger partial charge in [-0.2, -0.15) is 0 Å². The van der Waals surface area contributed by atoms with E-state index in [2.05, 4.69) is 27.6 Å². The van der Waals surface area contributed by atoms with Crippen molar-refractivity contribution in [2.75, 3.05) is 0 Å². The first-order chi connectivity index (χ1) is 8.77. The van der Waals surface area contributed by atoms with E-state index in [0.717, 1.165) is 22.0 Å². The molecule has 0 radical (unpaired) electrons. The molecule has 1 heterocycles. The average Bonchev–Trinajstić information content (AvgIpc) is 2.43. The van der Waals surface area contributed by atoms with Crippen LogP contribution in [0.25, 0.3) is 22.0 Å². The lowest BCUT2D eigenvalue weighted by atomic mass is 10.0. The lowest BCUT2D eigenvalue weighted by Crippen LogP contribution is -2.06. The molecule has 0 saturated heterocycles. The number of fused-ring (bicyclic) bond motifs is 1. The predicted octanol–water partition coefficient (Wildman–Crippen LogP) is 3.80. The van der Waals surface area contributed by atoms with E-state index in [0.29, 0.717) is 3.57 Å². The number of H-pyrrole nitrogens is 1. The Labute approximate surface area is 118 Å². The molecule has 1 aromatic heterocycles. The van der Waals surface area contributed by atoms with Crippen LogP contribution in [0.1, 0.15) is 0 Å². The smallest absolute Gasteiger partial charge is 0.202 e. The minimum absolute atomic E-state index is 0.0853. The highest BCUT2D eigenvalue weighted by Gasteiger charge is 2.07. The molecule has 18 heavy (non-hydrogen) atoms. The highest BCUT2D eigenvalue weighted by molar-refractivity contribution is 14.1. The van der Waals surface area contributed by atoms with Crippen molar-refractivity contribution in [2.45, 2.75) is 0 Å². The normalized spacial score (nSPS) is 10.7. The highest BCUT2D eigenvalue weighted by atomic mass is 127. The molecule has 3 heteroatoms. The van der Waals surface area contributed by atoms with Gasteiger partial charge in [-0.3, -0.25) is 4.79 Å². The maximum Gasteiger partial charge on any atom is 0.202 e. The van der Waals surface area contributed by atoms with Crippen LogP contribution in [0.5, 0.6) is 0 Å². The highest BCUT2D eigenvalue weighted by Crippen LogP contribution is 2.25. The van der Waals surface area contributed by atoms with Gasteiger partial charge in [0.05, 0.1) is 9.09 Å². The van der Waals surface area contributed by atoms with Crippen molar-refractivity contribution in [2.24, 2.45) is 0 Å². The van der Waals surface area contributed by atoms with Crippen molar-refractivity contribution in [3.63, 3.8) is 0 Å². The van der Waals surface area contributed by atoms with Gasteiger partial charge in [-0.1, -0.05) is 42.5 Å². The van der Waals surface area contributed by atoms with Crippen LogP contribution in [0.15, 0.2) is 59.5 Å². The van der Waals surface area contributed by atoms with Gasteiger partial charge in [-0.05, 0) is 34.2 Å². The van der Waals surface area contributed by atoms with E-state index >= 15 is 0 Å². The van der Waals surface area contributed by atoms with Crippen LogP contribution >= 0.6 is 22.6 Å². The molecule has 0 atom stereocenters. The lowest BCUT2D eigenvalue weighted by molar-refractivity contribution is 1.36. The standard InChI is InChI=1S/C15H10INO/c16-13-9-17-14-11(10-5-2-1-3-6-10)7-4-8-12(14)15(13)18/h1-9H,(H,17,18). The third-order valence-electron chi connectivity index (χ3n) is 2.95. The van der Waals surface area contributed by atoms with Gasteiger partial charge in [0, 0.05) is 17.1 Å². The van der Waals surface area contributed by atoms with E-state index in [1.807, 2.05) is 48.5 Å². The quantitative estimate of drug-likeness (QED) is 0.668. The van der Waals surface area contributed by atoms with Gasteiger partial charge in [0.1, 0.15) is 0 Å². The summed E-state index contributed by atoms with van der Waals surface area (Å²) in [5.74, 6) is 0. The maximum absolute atomic E-state index is 12.1. The second-order valence-electron chi connectivity index (χ2n) is 4.06. The molecule has 0 aliphatic heterocycles. The van der Waals surface area contributed by atoms with Crippen LogP contribution in [0.3, 0.4) is 0 Å². The van der Waals surface area contributed by atoms with Gasteiger partial charge in [-0.15, -0.1) is 0 Å². The third-order valence-corrected chi connectivity index (χ3v) is 3.76. The molecule has 0 unspecified atom stereocenters. The zero-order chi connectivity index (χ0) is 12.5. The van der Waals surface area contributed by atoms with Crippen molar-refractivity contribution in [1.82, 2.24) is 4.98 Å². The van der Waals surface area contributed by atoms with Crippen molar-refractivity contribution in [3.8, 4) is 11.1 Å². The molecular formula is C15H10INO. The maximum atomic E-state index is 12.1. The molecule has 0 fully saturated rings. The molecule has 0 amide bonds. The van der Waals surface area contributed by atoms with Crippen LogP contribution in [-0.4, -0.2) is 4.98 Å². The van der Waals surface area contributed by atoms with Gasteiger partial charge >= 0.3 is 0 Å². The van der Waals surface area contributed by atoms with E-state index in [1.165, 1.54) is 0 Å². The number of aromatic nitrogens is 1. The second kappa shape index (κ2) is 4.57. The largest absolute Gasteiger partial charge is 0.359 e. The number of aromatic amines is 1. The van der Waals surface area contributed by atoms with Crippen LogP contribution in [0.4, 0.5) is 0 Å². The summed E-state index contributed by atoms with van der Waals surface area (Å²) in [5.41, 5.74) is 3.15. The zero-order valence-electron chi connectivity index (χ0n) is 9.48. The molecule has 0 spiro atoms. The van der Waals surface area contributed by atoms with E-state index in [-0.39, 0.29) is 5.43 Å². The van der Waals surface area contributed by atoms with Crippen molar-refractivity contribution >= 4 is 33.5 Å². The number of rotatable bonds is 1. The fraction of sp³-hybridized carbons (Fsp3) is 0. The van der Waals surface area contributed by atoms with Crippen LogP contribution in [0, 0.1) is 3.57 Å². The van der Waals surface area contributed by atoms with E-state index in [9.17, 15) is 4.79 Å². The minimum Gasteiger partial charge on any atom is -0.359 e. The summed E-state index contributed by atoms with van der Waals surface area (Å²) in [6, 6.07) is 15.9. The zero-order valence-corrected chi connectivity index (χ0v) is 11.6. The van der Waals surface area contributed by atoms with E-state index in [4.69, 9.17) is 0 Å². The molecule has 3 rings (SSSR count). The Morgan fingerprint density at radius 3 is 2.50 bits per heavy atom. The molecular weight excluding hydrogens is 337 g/mol. The SMILES string of the molecule is O=c1c(I)c[nH]c2c(-c3ccccc3)cccc12. The van der Waals surface area contributed by atoms with Crippen LogP contribution in [-0.2, 0) is 0 Å². The second-order valence-corrected chi connectivity index (χ2v) is 5.22. The Bertz CT molecular complexity index is 762. The summed E-state index contributed by atoms with van der Waals surface area (Å²) in [7, 11) is 0. The van der Waals surface area contributed by atoms with Gasteiger partial charge in [-0.25, -0.2) is 0 Å². The number of benzene rings is 2. The van der Waals surface area contributed by atoms with Crippen molar-refractivity contribution in [1.29, 1.82) is 0 Å². The molecule has 0 aliphatic carbocycles. The molecule has 0 aliphatic rings. The fourth-order valence-electron chi connectivity index (χ4n) is 2.09. The summed E-state index contributed by atoms with van der Waals surface area (Å²) in [5, 5.41) is 0.739. The Balaban J connectivity index is 2.39. The van der Waals surface area contributed by atoms with E-state index < -0.39 is 0 Å². The first-order valence-electron chi connectivity index (χ1n) is 5.63. The van der Waals surface area contributed by atoms with Gasteiger partial charge in [0.2, 0.25) is 5.43 Å². The molecule has 2 nitrogen and oxygen atoms in total. The fourth-order valence-corrected chi connectivity index (χ4v) is 2.53. The molecule has 2 aromatic carbocycles. The Morgan fingerprint density at radius 1 is 0.944 bits per heavy atom. The number of para-hydroxylation sites is 1. The van der Waals surface area contributed by atoms with Crippen molar-refractivity contribution in [3.05, 3.63) is 68.5 Å². The van der Waals surface area contributed by atoms with Crippen LogP contribution < -0.4 is 5.43 Å². The number of hydrogen-bond donors (Lipinski definition) is 1. The Morgan fingerprint density at radius 2 is 1.72 bits per heavy atom. The number of nitrogens with one attached hydrogen (secondary N) is 1. The van der Waals surface area contributed by atoms with Gasteiger partial charge in [0.25, 0.3) is 0 Å². The minimum atomic E-state index is 0.0853. The molecule has 0 bridgehead atoms. The molecule has 3 aromatic rings. The van der Waals surface area contributed by atoms with Crippen LogP contribution in [0.2, 0.25) is 0 Å². The first kappa shape index (κ1) is 11.5. The topological polar surface area (TPSA) is 32.9 Å². The summed E-state index contributed by atoms with van der Waals surface area (Å²) in [4.78, 5) is 15.3.